The van der Waals surface area contributed by atoms with Crippen molar-refractivity contribution in [1.82, 2.24) is 4.31 Å². The Morgan fingerprint density at radius 2 is 1.64 bits per heavy atom. The standard InChI is InChI=1S/C26H25Cl2NO5S.C2H6.CH4O/c1-17(30)26(15-24(26)20-5-2-6-22(28)14-20)29(16-25(31)32)35(33,34)23-7-3-4-18(10-13-23)19-8-11-21(27)12-9-19;2*1-2/h2,5-6,8-14,24H,3-4,7,15-16H2,1H3,(H,31,32);1-2H3;2H,1H3. The van der Waals surface area contributed by atoms with Crippen LogP contribution >= 0.6 is 23.2 Å². The van der Waals surface area contributed by atoms with Gasteiger partial charge >= 0.3 is 5.97 Å². The number of benzene rings is 2. The highest BCUT2D eigenvalue weighted by atomic mass is 35.5. The Hall–Kier alpha value is -2.49. The summed E-state index contributed by atoms with van der Waals surface area (Å²) in [6.45, 7) is 4.51. The molecule has 212 valence electrons. The summed E-state index contributed by atoms with van der Waals surface area (Å²) in [5.74, 6) is -2.18. The van der Waals surface area contributed by atoms with Crippen LogP contribution < -0.4 is 0 Å². The summed E-state index contributed by atoms with van der Waals surface area (Å²) in [5, 5.41) is 17.7. The van der Waals surface area contributed by atoms with Crippen molar-refractivity contribution in [3.8, 4) is 0 Å². The van der Waals surface area contributed by atoms with E-state index >= 15 is 0 Å². The molecule has 2 aliphatic rings. The number of aliphatic carboxylic acids is 1. The number of sulfonamides is 1. The number of Topliss-reactive ketones (excluding diaryl/α,β-unsaturated/α-hetero) is 1. The Kier molecular flexibility index (Phi) is 11.9. The summed E-state index contributed by atoms with van der Waals surface area (Å²) >= 11 is 12.1. The first-order valence-electron chi connectivity index (χ1n) is 12.7. The molecule has 1 saturated carbocycles. The van der Waals surface area contributed by atoms with Crippen molar-refractivity contribution >= 4 is 50.6 Å². The molecule has 7 nitrogen and oxygen atoms in total. The third-order valence-electron chi connectivity index (χ3n) is 6.69. The average Bonchev–Trinajstić information content (AvgIpc) is 3.71. The van der Waals surface area contributed by atoms with E-state index in [1.807, 2.05) is 26.0 Å². The van der Waals surface area contributed by atoms with Crippen molar-refractivity contribution in [3.63, 3.8) is 0 Å². The van der Waals surface area contributed by atoms with E-state index < -0.39 is 34.0 Å². The molecular weight excluding hydrogens is 561 g/mol. The van der Waals surface area contributed by atoms with E-state index in [-0.39, 0.29) is 23.5 Å². The van der Waals surface area contributed by atoms with Gasteiger partial charge in [0, 0.05) is 23.1 Å². The summed E-state index contributed by atoms with van der Waals surface area (Å²) in [5.41, 5.74) is 1.15. The number of rotatable bonds is 8. The lowest BCUT2D eigenvalue weighted by Gasteiger charge is -2.30. The van der Waals surface area contributed by atoms with Crippen LogP contribution in [0.2, 0.25) is 10.0 Å². The lowest BCUT2D eigenvalue weighted by molar-refractivity contribution is -0.138. The number of aliphatic hydroxyl groups is 1. The molecule has 0 amide bonds. The first-order chi connectivity index (χ1) is 18.6. The zero-order valence-corrected chi connectivity index (χ0v) is 24.9. The van der Waals surface area contributed by atoms with Gasteiger partial charge in [-0.1, -0.05) is 67.4 Å². The second kappa shape index (κ2) is 14.2. The molecule has 0 heterocycles. The molecule has 2 aromatic rings. The maximum Gasteiger partial charge on any atom is 0.318 e. The van der Waals surface area contributed by atoms with Crippen molar-refractivity contribution in [1.29, 1.82) is 0 Å². The molecule has 0 spiro atoms. The minimum absolute atomic E-state index is 0.0973. The van der Waals surface area contributed by atoms with Crippen LogP contribution in [-0.4, -0.2) is 53.9 Å². The normalized spacial score (nSPS) is 20.3. The van der Waals surface area contributed by atoms with Gasteiger partial charge in [-0.3, -0.25) is 9.59 Å². The predicted octanol–water partition coefficient (Wildman–Crippen LogP) is 6.31. The van der Waals surface area contributed by atoms with Crippen LogP contribution in [0, 0.1) is 0 Å². The first-order valence-corrected chi connectivity index (χ1v) is 14.9. The van der Waals surface area contributed by atoms with Crippen molar-refractivity contribution in [2.75, 3.05) is 13.7 Å². The molecule has 2 aliphatic carbocycles. The van der Waals surface area contributed by atoms with E-state index in [2.05, 4.69) is 0 Å². The number of nitrogens with zero attached hydrogens (tertiary/aromatic N) is 1. The van der Waals surface area contributed by atoms with E-state index in [0.29, 0.717) is 28.5 Å². The van der Waals surface area contributed by atoms with Crippen LogP contribution in [0.15, 0.2) is 65.6 Å². The van der Waals surface area contributed by atoms with E-state index in [9.17, 15) is 23.1 Å². The molecule has 10 heteroatoms. The second-order valence-electron chi connectivity index (χ2n) is 8.88. The first kappa shape index (κ1) is 32.7. The molecule has 2 N–H and O–H groups in total. The smallest absolute Gasteiger partial charge is 0.318 e. The maximum atomic E-state index is 13.9. The zero-order chi connectivity index (χ0) is 29.4. The van der Waals surface area contributed by atoms with Gasteiger partial charge in [-0.2, -0.15) is 4.31 Å². The molecule has 0 saturated heterocycles. The number of carboxylic acids is 1. The van der Waals surface area contributed by atoms with Crippen molar-refractivity contribution < 1.29 is 28.2 Å². The van der Waals surface area contributed by atoms with Gasteiger partial charge in [-0.25, -0.2) is 8.42 Å². The van der Waals surface area contributed by atoms with Crippen LogP contribution in [0.5, 0.6) is 0 Å². The van der Waals surface area contributed by atoms with Gasteiger partial charge in [0.15, 0.2) is 5.78 Å². The number of halogens is 2. The molecule has 1 fully saturated rings. The highest BCUT2D eigenvalue weighted by Crippen LogP contribution is 2.58. The van der Waals surface area contributed by atoms with Crippen LogP contribution in [0.4, 0.5) is 0 Å². The van der Waals surface area contributed by atoms with E-state index in [0.717, 1.165) is 22.6 Å². The highest BCUT2D eigenvalue weighted by molar-refractivity contribution is 7.93. The fraction of sp³-hybridized carbons (Fsp3) is 0.379. The third-order valence-corrected chi connectivity index (χ3v) is 9.22. The largest absolute Gasteiger partial charge is 0.480 e. The third kappa shape index (κ3) is 7.38. The molecule has 2 aromatic carbocycles. The second-order valence-corrected chi connectivity index (χ2v) is 11.7. The molecule has 2 atom stereocenters. The molecule has 0 radical (unpaired) electrons. The summed E-state index contributed by atoms with van der Waals surface area (Å²) < 4.78 is 28.6. The molecule has 0 bridgehead atoms. The summed E-state index contributed by atoms with van der Waals surface area (Å²) in [6, 6.07) is 14.2. The number of allylic oxidation sites excluding steroid dienone is 4. The molecule has 4 rings (SSSR count). The van der Waals surface area contributed by atoms with Crippen molar-refractivity contribution in [2.45, 2.75) is 57.9 Å². The maximum absolute atomic E-state index is 13.9. The quantitative estimate of drug-likeness (QED) is 0.370. The summed E-state index contributed by atoms with van der Waals surface area (Å²) in [7, 11) is -3.25. The fourth-order valence-electron chi connectivity index (χ4n) is 4.85. The van der Waals surface area contributed by atoms with Crippen molar-refractivity contribution in [3.05, 3.63) is 86.8 Å². The summed E-state index contributed by atoms with van der Waals surface area (Å²) in [4.78, 5) is 24.8. The average molecular weight is 597 g/mol. The summed E-state index contributed by atoms with van der Waals surface area (Å²) in [6.07, 6.45) is 4.94. The Morgan fingerprint density at radius 3 is 2.21 bits per heavy atom. The van der Waals surface area contributed by atoms with Gasteiger partial charge in [-0.15, -0.1) is 0 Å². The Balaban J connectivity index is 0.00000127. The molecule has 2 unspecified atom stereocenters. The van der Waals surface area contributed by atoms with Crippen LogP contribution in [0.25, 0.3) is 5.57 Å². The Bertz CT molecular complexity index is 1340. The van der Waals surface area contributed by atoms with Gasteiger partial charge in [0.05, 0.1) is 4.91 Å². The molecule has 0 aliphatic heterocycles. The SMILES string of the molecule is CC.CC(=O)C1(N(CC(=O)O)S(=O)(=O)C2=CC=C(c3ccc(Cl)cc3)CCC2)CC1c1cccc(Cl)c1.CO. The Labute approximate surface area is 240 Å². The van der Waals surface area contributed by atoms with Gasteiger partial charge in [0.1, 0.15) is 12.1 Å². The van der Waals surface area contributed by atoms with E-state index in [4.69, 9.17) is 28.3 Å². The van der Waals surface area contributed by atoms with Gasteiger partial charge in [-0.05, 0) is 79.6 Å². The highest BCUT2D eigenvalue weighted by Gasteiger charge is 2.66. The number of carbonyl (C=O) groups excluding carboxylic acids is 1. The van der Waals surface area contributed by atoms with Crippen molar-refractivity contribution in [2.24, 2.45) is 0 Å². The number of ketones is 1. The minimum Gasteiger partial charge on any atom is -0.480 e. The van der Waals surface area contributed by atoms with Gasteiger partial charge in [0.2, 0.25) is 10.0 Å². The van der Waals surface area contributed by atoms with Crippen LogP contribution in [-0.2, 0) is 19.6 Å². The number of hydrogen-bond acceptors (Lipinski definition) is 5. The van der Waals surface area contributed by atoms with Crippen LogP contribution in [0.1, 0.15) is 63.5 Å². The predicted molar refractivity (Wildman–Crippen MR) is 156 cm³/mol. The number of aliphatic hydroxyl groups excluding tert-OH is 1. The number of hydrogen-bond donors (Lipinski definition) is 2. The topological polar surface area (TPSA) is 112 Å². The zero-order valence-electron chi connectivity index (χ0n) is 22.5. The van der Waals surface area contributed by atoms with E-state index in [1.165, 1.54) is 13.0 Å². The lowest BCUT2D eigenvalue weighted by atomic mass is 10.0. The number of carboxylic acid groups (broad SMARTS) is 1. The molecule has 0 aromatic heterocycles. The van der Waals surface area contributed by atoms with Crippen LogP contribution in [0.3, 0.4) is 0 Å². The minimum atomic E-state index is -4.25. The van der Waals surface area contributed by atoms with E-state index in [1.54, 1.807) is 42.5 Å². The fourth-order valence-corrected chi connectivity index (χ4v) is 7.14. The number of carbonyl (C=O) groups is 2. The molecular formula is C29H35Cl2NO6S. The monoisotopic (exact) mass is 595 g/mol. The van der Waals surface area contributed by atoms with Gasteiger partial charge in [0.25, 0.3) is 0 Å². The van der Waals surface area contributed by atoms with Gasteiger partial charge < -0.3 is 10.2 Å². The molecule has 39 heavy (non-hydrogen) atoms. The Morgan fingerprint density at radius 1 is 1.00 bits per heavy atom. The lowest BCUT2D eigenvalue weighted by Crippen LogP contribution is -2.50.